The van der Waals surface area contributed by atoms with Gasteiger partial charge in [-0.3, -0.25) is 4.79 Å². The van der Waals surface area contributed by atoms with Gasteiger partial charge < -0.3 is 0 Å². The normalized spacial score (nSPS) is 21.7. The van der Waals surface area contributed by atoms with Crippen molar-refractivity contribution in [1.82, 2.24) is 0 Å². The van der Waals surface area contributed by atoms with Crippen LogP contribution in [0.25, 0.3) is 0 Å². The van der Waals surface area contributed by atoms with Crippen LogP contribution in [0.2, 0.25) is 0 Å². The van der Waals surface area contributed by atoms with E-state index in [0.29, 0.717) is 6.42 Å². The smallest absolute Gasteiger partial charge is 0.140 e. The lowest BCUT2D eigenvalue weighted by Gasteiger charge is -2.21. The Morgan fingerprint density at radius 1 is 1.33 bits per heavy atom. The first-order valence-electron chi connectivity index (χ1n) is 5.16. The van der Waals surface area contributed by atoms with Gasteiger partial charge in [0.05, 0.1) is 0 Å². The zero-order valence-corrected chi connectivity index (χ0v) is 10.5. The Morgan fingerprint density at radius 2 is 2.13 bits per heavy atom. The SMILES string of the molecule is O=C1CCCCC1c1cc(F)ccc1I. The summed E-state index contributed by atoms with van der Waals surface area (Å²) in [5, 5.41) is 0. The Bertz CT molecular complexity index is 389. The fourth-order valence-electron chi connectivity index (χ4n) is 2.09. The van der Waals surface area contributed by atoms with Gasteiger partial charge in [-0.1, -0.05) is 6.42 Å². The first-order chi connectivity index (χ1) is 7.18. The minimum absolute atomic E-state index is 0.0682. The molecule has 3 heteroatoms. The van der Waals surface area contributed by atoms with Crippen molar-refractivity contribution in [2.75, 3.05) is 0 Å². The second-order valence-corrected chi connectivity index (χ2v) is 5.09. The Morgan fingerprint density at radius 3 is 2.87 bits per heavy atom. The van der Waals surface area contributed by atoms with Crippen LogP contribution in [-0.2, 0) is 4.79 Å². The van der Waals surface area contributed by atoms with Crippen molar-refractivity contribution in [2.45, 2.75) is 31.6 Å². The summed E-state index contributed by atoms with van der Waals surface area (Å²) in [6.45, 7) is 0. The monoisotopic (exact) mass is 318 g/mol. The van der Waals surface area contributed by atoms with E-state index in [1.165, 1.54) is 12.1 Å². The Kier molecular flexibility index (Phi) is 3.38. The molecule has 0 aliphatic heterocycles. The maximum atomic E-state index is 13.1. The van der Waals surface area contributed by atoms with Crippen molar-refractivity contribution in [3.05, 3.63) is 33.1 Å². The number of hydrogen-bond acceptors (Lipinski definition) is 1. The number of carbonyl (C=O) groups is 1. The number of hydrogen-bond donors (Lipinski definition) is 0. The third-order valence-corrected chi connectivity index (χ3v) is 3.87. The molecule has 2 rings (SSSR count). The molecule has 0 aromatic heterocycles. The fraction of sp³-hybridized carbons (Fsp3) is 0.417. The van der Waals surface area contributed by atoms with E-state index in [1.54, 1.807) is 6.07 Å². The van der Waals surface area contributed by atoms with E-state index in [2.05, 4.69) is 22.6 Å². The lowest BCUT2D eigenvalue weighted by Crippen LogP contribution is -2.18. The van der Waals surface area contributed by atoms with Crippen molar-refractivity contribution in [3.8, 4) is 0 Å². The second kappa shape index (κ2) is 4.60. The van der Waals surface area contributed by atoms with Crippen LogP contribution in [-0.4, -0.2) is 5.78 Å². The fourth-order valence-corrected chi connectivity index (χ4v) is 2.80. The van der Waals surface area contributed by atoms with Crippen LogP contribution in [0.15, 0.2) is 18.2 Å². The summed E-state index contributed by atoms with van der Waals surface area (Å²) in [7, 11) is 0. The van der Waals surface area contributed by atoms with Crippen LogP contribution in [0.5, 0.6) is 0 Å². The zero-order chi connectivity index (χ0) is 10.8. The molecule has 1 aromatic rings. The Balaban J connectivity index is 2.34. The minimum Gasteiger partial charge on any atom is -0.299 e. The molecule has 0 heterocycles. The number of ketones is 1. The van der Waals surface area contributed by atoms with Crippen LogP contribution in [0.1, 0.15) is 37.2 Å². The van der Waals surface area contributed by atoms with Gasteiger partial charge in [0, 0.05) is 15.9 Å². The zero-order valence-electron chi connectivity index (χ0n) is 8.30. The predicted octanol–water partition coefficient (Wildman–Crippen LogP) is 3.66. The van der Waals surface area contributed by atoms with Gasteiger partial charge in [-0.05, 0) is 59.2 Å². The molecule has 15 heavy (non-hydrogen) atoms. The Hall–Kier alpha value is -0.450. The van der Waals surface area contributed by atoms with E-state index < -0.39 is 0 Å². The first kappa shape index (κ1) is 11.0. The second-order valence-electron chi connectivity index (χ2n) is 3.93. The Labute approximate surface area is 102 Å². The predicted molar refractivity (Wildman–Crippen MR) is 65.3 cm³/mol. The van der Waals surface area contributed by atoms with Gasteiger partial charge in [0.2, 0.25) is 0 Å². The standard InChI is InChI=1S/C12H12FIO/c13-8-5-6-11(14)10(7-8)9-3-1-2-4-12(9)15/h5-7,9H,1-4H2. The highest BCUT2D eigenvalue weighted by Gasteiger charge is 2.25. The van der Waals surface area contributed by atoms with E-state index in [0.717, 1.165) is 28.4 Å². The maximum absolute atomic E-state index is 13.1. The van der Waals surface area contributed by atoms with Crippen LogP contribution in [0.4, 0.5) is 4.39 Å². The average Bonchev–Trinajstić information content (AvgIpc) is 2.23. The highest BCUT2D eigenvalue weighted by molar-refractivity contribution is 14.1. The third kappa shape index (κ3) is 2.38. The topological polar surface area (TPSA) is 17.1 Å². The molecule has 1 fully saturated rings. The van der Waals surface area contributed by atoms with E-state index in [4.69, 9.17) is 0 Å². The van der Waals surface area contributed by atoms with Gasteiger partial charge in [0.25, 0.3) is 0 Å². The van der Waals surface area contributed by atoms with Crippen LogP contribution < -0.4 is 0 Å². The number of benzene rings is 1. The molecule has 1 aliphatic carbocycles. The minimum atomic E-state index is -0.246. The molecule has 80 valence electrons. The summed E-state index contributed by atoms with van der Waals surface area (Å²) in [6.07, 6.45) is 3.58. The van der Waals surface area contributed by atoms with Crippen LogP contribution >= 0.6 is 22.6 Å². The molecule has 0 N–H and O–H groups in total. The lowest BCUT2D eigenvalue weighted by atomic mass is 9.83. The third-order valence-electron chi connectivity index (χ3n) is 2.89. The summed E-state index contributed by atoms with van der Waals surface area (Å²) in [5.74, 6) is -0.0464. The average molecular weight is 318 g/mol. The van der Waals surface area contributed by atoms with Crippen molar-refractivity contribution < 1.29 is 9.18 Å². The molecule has 1 saturated carbocycles. The lowest BCUT2D eigenvalue weighted by molar-refractivity contribution is -0.121. The molecule has 1 nitrogen and oxygen atoms in total. The number of Topliss-reactive ketones (excluding diaryl/α,β-unsaturated/α-hetero) is 1. The van der Waals surface area contributed by atoms with Gasteiger partial charge in [-0.25, -0.2) is 4.39 Å². The van der Waals surface area contributed by atoms with E-state index in [1.807, 2.05) is 0 Å². The summed E-state index contributed by atoms with van der Waals surface area (Å²) in [4.78, 5) is 11.7. The van der Waals surface area contributed by atoms with Crippen molar-refractivity contribution in [2.24, 2.45) is 0 Å². The molecule has 1 aliphatic rings. The maximum Gasteiger partial charge on any atom is 0.140 e. The number of halogens is 2. The largest absolute Gasteiger partial charge is 0.299 e. The molecule has 1 atom stereocenters. The van der Waals surface area contributed by atoms with Gasteiger partial charge in [-0.15, -0.1) is 0 Å². The van der Waals surface area contributed by atoms with Crippen molar-refractivity contribution >= 4 is 28.4 Å². The molecule has 1 aromatic carbocycles. The molecular formula is C12H12FIO. The number of rotatable bonds is 1. The van der Waals surface area contributed by atoms with Gasteiger partial charge in [0.15, 0.2) is 0 Å². The van der Waals surface area contributed by atoms with Gasteiger partial charge in [0.1, 0.15) is 11.6 Å². The van der Waals surface area contributed by atoms with Crippen LogP contribution in [0, 0.1) is 9.39 Å². The molecule has 0 saturated heterocycles. The van der Waals surface area contributed by atoms with Crippen LogP contribution in [0.3, 0.4) is 0 Å². The van der Waals surface area contributed by atoms with E-state index >= 15 is 0 Å². The summed E-state index contributed by atoms with van der Waals surface area (Å²) in [5.41, 5.74) is 0.875. The molecule has 0 bridgehead atoms. The van der Waals surface area contributed by atoms with Crippen molar-refractivity contribution in [3.63, 3.8) is 0 Å². The van der Waals surface area contributed by atoms with Gasteiger partial charge >= 0.3 is 0 Å². The quantitative estimate of drug-likeness (QED) is 0.722. The highest BCUT2D eigenvalue weighted by atomic mass is 127. The summed E-state index contributed by atoms with van der Waals surface area (Å²) in [6, 6.07) is 4.70. The van der Waals surface area contributed by atoms with Gasteiger partial charge in [-0.2, -0.15) is 0 Å². The van der Waals surface area contributed by atoms with Crippen molar-refractivity contribution in [1.29, 1.82) is 0 Å². The number of carbonyl (C=O) groups excluding carboxylic acids is 1. The molecular weight excluding hydrogens is 306 g/mol. The molecule has 1 unspecified atom stereocenters. The summed E-state index contributed by atoms with van der Waals surface area (Å²) >= 11 is 2.17. The van der Waals surface area contributed by atoms with E-state index in [9.17, 15) is 9.18 Å². The molecule has 0 spiro atoms. The first-order valence-corrected chi connectivity index (χ1v) is 6.24. The molecule has 0 radical (unpaired) electrons. The van der Waals surface area contributed by atoms with E-state index in [-0.39, 0.29) is 17.5 Å². The molecule has 0 amide bonds. The summed E-state index contributed by atoms with van der Waals surface area (Å²) < 4.78 is 14.1. The highest BCUT2D eigenvalue weighted by Crippen LogP contribution is 2.32.